The summed E-state index contributed by atoms with van der Waals surface area (Å²) in [6.07, 6.45) is 2.58. The normalized spacial score (nSPS) is 16.8. The Balaban J connectivity index is 0.000000316. The summed E-state index contributed by atoms with van der Waals surface area (Å²) in [5.41, 5.74) is 4.46. The van der Waals surface area contributed by atoms with Crippen molar-refractivity contribution in [2.24, 2.45) is 0 Å². The van der Waals surface area contributed by atoms with Crippen molar-refractivity contribution in [1.29, 1.82) is 0 Å². The predicted molar refractivity (Wildman–Crippen MR) is 137 cm³/mol. The van der Waals surface area contributed by atoms with Gasteiger partial charge in [-0.2, -0.15) is 0 Å². The van der Waals surface area contributed by atoms with E-state index in [1.54, 1.807) is 6.07 Å². The molecule has 2 atom stereocenters. The fourth-order valence-electron chi connectivity index (χ4n) is 3.60. The number of ether oxygens (including phenoxy) is 2. The van der Waals surface area contributed by atoms with Gasteiger partial charge in [0, 0.05) is 18.7 Å². The molecule has 0 bridgehead atoms. The first kappa shape index (κ1) is 28.7. The smallest absolute Gasteiger partial charge is 0.290 e. The minimum Gasteiger partial charge on any atom is -0.489 e. The summed E-state index contributed by atoms with van der Waals surface area (Å²) in [4.78, 5) is 20.6. The van der Waals surface area contributed by atoms with Gasteiger partial charge in [0.2, 0.25) is 0 Å². The van der Waals surface area contributed by atoms with Crippen LogP contribution in [0.2, 0.25) is 0 Å². The molecule has 194 valence electrons. The number of hydrogen-bond acceptors (Lipinski definition) is 7. The molecule has 1 aliphatic rings. The van der Waals surface area contributed by atoms with Gasteiger partial charge in [0.1, 0.15) is 24.4 Å². The number of carbonyl (C=O) groups excluding carboxylic acids is 1. The molecule has 1 aliphatic heterocycles. The number of nitrogens with zero attached hydrogens (tertiary/aromatic N) is 2. The Morgan fingerprint density at radius 3 is 2.19 bits per heavy atom. The number of likely N-dealkylation sites (N-methyl/N-ethyl adjacent to an activating group) is 1. The third-order valence-corrected chi connectivity index (χ3v) is 5.74. The number of hydrogen-bond donors (Lipinski definition) is 1. The molecule has 8 nitrogen and oxygen atoms in total. The van der Waals surface area contributed by atoms with Gasteiger partial charge in [-0.25, -0.2) is 0 Å². The molecule has 2 heterocycles. The maximum atomic E-state index is 9.90. The Hall–Kier alpha value is -3.49. The zero-order valence-corrected chi connectivity index (χ0v) is 21.4. The van der Waals surface area contributed by atoms with Crippen molar-refractivity contribution >= 4 is 12.8 Å². The van der Waals surface area contributed by atoms with Gasteiger partial charge in [-0.15, -0.1) is 0 Å². The van der Waals surface area contributed by atoms with Gasteiger partial charge >= 0.3 is 0 Å². The van der Waals surface area contributed by atoms with Crippen LogP contribution in [0.1, 0.15) is 41.5 Å². The predicted octanol–water partition coefficient (Wildman–Crippen LogP) is 4.61. The molecule has 0 saturated carbocycles. The lowest BCUT2D eigenvalue weighted by atomic mass is 10.2. The van der Waals surface area contributed by atoms with E-state index in [4.69, 9.17) is 23.9 Å². The summed E-state index contributed by atoms with van der Waals surface area (Å²) >= 11 is 0. The molecule has 0 amide bonds. The Morgan fingerprint density at radius 2 is 1.67 bits per heavy atom. The van der Waals surface area contributed by atoms with Crippen LogP contribution in [-0.2, 0) is 34.0 Å². The van der Waals surface area contributed by atoms with E-state index in [9.17, 15) is 4.79 Å². The molecule has 4 rings (SSSR count). The maximum absolute atomic E-state index is 9.90. The van der Waals surface area contributed by atoms with E-state index in [0.29, 0.717) is 37.5 Å². The summed E-state index contributed by atoms with van der Waals surface area (Å²) in [7, 11) is 2.16. The van der Waals surface area contributed by atoms with Crippen molar-refractivity contribution in [3.8, 4) is 5.75 Å². The van der Waals surface area contributed by atoms with E-state index < -0.39 is 0 Å². The maximum Gasteiger partial charge on any atom is 0.290 e. The van der Waals surface area contributed by atoms with Crippen LogP contribution < -0.4 is 4.74 Å². The monoisotopic (exact) mass is 496 g/mol. The number of rotatable bonds is 8. The summed E-state index contributed by atoms with van der Waals surface area (Å²) in [6.45, 7) is 8.21. The molecule has 1 aromatic heterocycles. The number of carboxylic acid groups (broad SMARTS) is 1. The van der Waals surface area contributed by atoms with Gasteiger partial charge < -0.3 is 28.8 Å². The molecular weight excluding hydrogens is 460 g/mol. The first-order chi connectivity index (χ1) is 17.3. The molecule has 1 fully saturated rings. The minimum atomic E-state index is -0.250. The van der Waals surface area contributed by atoms with Crippen molar-refractivity contribution in [2.45, 2.75) is 59.0 Å². The molecule has 0 spiro atoms. The number of aromatic nitrogens is 1. The lowest BCUT2D eigenvalue weighted by Gasteiger charge is -2.13. The molecule has 0 aliphatic carbocycles. The molecule has 1 unspecified atom stereocenters. The third-order valence-electron chi connectivity index (χ3n) is 5.74. The first-order valence-electron chi connectivity index (χ1n) is 11.9. The second-order valence-electron chi connectivity index (χ2n) is 8.79. The highest BCUT2D eigenvalue weighted by atomic mass is 16.5. The van der Waals surface area contributed by atoms with Gasteiger partial charge in [-0.1, -0.05) is 47.1 Å². The highest BCUT2D eigenvalue weighted by Gasteiger charge is 2.26. The van der Waals surface area contributed by atoms with Gasteiger partial charge in [-0.05, 0) is 57.5 Å². The molecule has 8 heteroatoms. The summed E-state index contributed by atoms with van der Waals surface area (Å²) < 4.78 is 16.6. The van der Waals surface area contributed by atoms with Crippen LogP contribution in [0.15, 0.2) is 59.1 Å². The van der Waals surface area contributed by atoms with Crippen molar-refractivity contribution < 1.29 is 28.7 Å². The van der Waals surface area contributed by atoms with Crippen LogP contribution in [0.4, 0.5) is 0 Å². The van der Waals surface area contributed by atoms with E-state index in [1.807, 2.05) is 19.1 Å². The molecule has 0 radical (unpaired) electrons. The lowest BCUT2D eigenvalue weighted by molar-refractivity contribution is -0.122. The van der Waals surface area contributed by atoms with Crippen molar-refractivity contribution in [3.05, 3.63) is 82.7 Å². The minimum absolute atomic E-state index is 0.250. The second-order valence-corrected chi connectivity index (χ2v) is 8.79. The van der Waals surface area contributed by atoms with E-state index in [-0.39, 0.29) is 6.47 Å². The highest BCUT2D eigenvalue weighted by Crippen LogP contribution is 2.20. The van der Waals surface area contributed by atoms with E-state index >= 15 is 0 Å². The van der Waals surface area contributed by atoms with E-state index in [0.717, 1.165) is 30.7 Å². The molecule has 3 aromatic rings. The van der Waals surface area contributed by atoms with E-state index in [1.165, 1.54) is 16.7 Å². The van der Waals surface area contributed by atoms with Crippen LogP contribution >= 0.6 is 0 Å². The Morgan fingerprint density at radius 1 is 1.06 bits per heavy atom. The Bertz CT molecular complexity index is 1020. The molecule has 36 heavy (non-hydrogen) atoms. The fourth-order valence-corrected chi connectivity index (χ4v) is 3.60. The highest BCUT2D eigenvalue weighted by molar-refractivity contribution is 5.53. The largest absolute Gasteiger partial charge is 0.489 e. The topological polar surface area (TPSA) is 102 Å². The SMILES string of the molecule is Cc1cc(CC=O)on1.Cc1ccc(COc2ccc(CO[C@@H]3CC(C)N(C)C3)cc2)cc1.O=CO. The number of benzene rings is 2. The zero-order valence-electron chi connectivity index (χ0n) is 21.4. The van der Waals surface area contributed by atoms with Gasteiger partial charge in [-0.3, -0.25) is 4.79 Å². The molecular formula is C28H36N2O6. The Kier molecular flexibility index (Phi) is 12.4. The van der Waals surface area contributed by atoms with Crippen molar-refractivity contribution in [1.82, 2.24) is 10.1 Å². The number of aldehydes is 1. The average molecular weight is 497 g/mol. The first-order valence-corrected chi connectivity index (χ1v) is 11.9. The summed E-state index contributed by atoms with van der Waals surface area (Å²) in [5, 5.41) is 10.5. The van der Waals surface area contributed by atoms with Crippen LogP contribution in [-0.4, -0.2) is 53.7 Å². The summed E-state index contributed by atoms with van der Waals surface area (Å²) in [5.74, 6) is 1.52. The molecule has 1 N–H and O–H groups in total. The quantitative estimate of drug-likeness (QED) is 0.451. The lowest BCUT2D eigenvalue weighted by Crippen LogP contribution is -2.22. The summed E-state index contributed by atoms with van der Waals surface area (Å²) in [6, 6.07) is 19.0. The van der Waals surface area contributed by atoms with Crippen molar-refractivity contribution in [3.63, 3.8) is 0 Å². The zero-order chi connectivity index (χ0) is 26.3. The number of likely N-dealkylation sites (tertiary alicyclic amines) is 1. The van der Waals surface area contributed by atoms with Crippen LogP contribution in [0, 0.1) is 13.8 Å². The van der Waals surface area contributed by atoms with Gasteiger partial charge in [0.05, 0.1) is 24.8 Å². The number of aryl methyl sites for hydroxylation is 2. The van der Waals surface area contributed by atoms with Crippen molar-refractivity contribution in [2.75, 3.05) is 13.6 Å². The van der Waals surface area contributed by atoms with Crippen LogP contribution in [0.5, 0.6) is 5.75 Å². The van der Waals surface area contributed by atoms with Crippen LogP contribution in [0.3, 0.4) is 0 Å². The van der Waals surface area contributed by atoms with E-state index in [2.05, 4.69) is 67.3 Å². The average Bonchev–Trinajstić information content (AvgIpc) is 3.43. The third kappa shape index (κ3) is 10.4. The molecule has 1 saturated heterocycles. The van der Waals surface area contributed by atoms with Gasteiger partial charge in [0.15, 0.2) is 0 Å². The fraction of sp³-hybridized carbons (Fsp3) is 0.393. The Labute approximate surface area is 212 Å². The number of carbonyl (C=O) groups is 2. The molecule has 2 aromatic carbocycles. The standard InChI is InChI=1S/C21H27NO2.C6H7NO2.CH2O2/c1-16-4-6-18(7-5-16)14-23-20-10-8-19(9-11-20)15-24-21-12-17(2)22(3)13-21;1-5-4-6(2-3-8)9-7-5;2-1-3/h4-11,17,21H,12-15H2,1-3H3;3-4H,2H2,1H3;1H,(H,2,3)/t17?,21-;;/m1../s1. The van der Waals surface area contributed by atoms with Crippen LogP contribution in [0.25, 0.3) is 0 Å². The second kappa shape index (κ2) is 15.5. The van der Waals surface area contributed by atoms with Gasteiger partial charge in [0.25, 0.3) is 6.47 Å².